The molecule has 0 radical (unpaired) electrons. The van der Waals surface area contributed by atoms with E-state index in [1.54, 1.807) is 135 Å². The summed E-state index contributed by atoms with van der Waals surface area (Å²) in [6.45, 7) is 33.4. The van der Waals surface area contributed by atoms with E-state index in [1.807, 2.05) is 37.7 Å². The number of nitrogens with zero attached hydrogens (tertiary/aromatic N) is 4. The minimum Gasteiger partial charge on any atom is -0.493 e. The molecule has 6 fully saturated rings. The number of benzene rings is 2. The third-order valence-corrected chi connectivity index (χ3v) is 28.6. The average molecular weight is 1860 g/mol. The number of esters is 2. The molecule has 8 rings (SSSR count). The summed E-state index contributed by atoms with van der Waals surface area (Å²) in [5.41, 5.74) is -9.13. The van der Waals surface area contributed by atoms with Crippen molar-refractivity contribution >= 4 is 23.4 Å². The Labute approximate surface area is 768 Å². The van der Waals surface area contributed by atoms with E-state index < -0.39 is 228 Å². The lowest BCUT2D eigenvalue weighted by Crippen LogP contribution is -2.62. The van der Waals surface area contributed by atoms with Crippen molar-refractivity contribution in [3.63, 3.8) is 0 Å². The Balaban J connectivity index is 1.13. The van der Waals surface area contributed by atoms with Crippen LogP contribution in [0.4, 0.5) is 0 Å². The molecule has 0 spiro atoms. The van der Waals surface area contributed by atoms with Crippen molar-refractivity contribution in [3.05, 3.63) is 35.4 Å². The number of ether oxygens (including phenoxy) is 18. The van der Waals surface area contributed by atoms with E-state index in [0.717, 1.165) is 0 Å². The van der Waals surface area contributed by atoms with Gasteiger partial charge in [0.05, 0.1) is 149 Å². The molecule has 0 saturated carbocycles. The molecule has 0 bridgehead atoms. The summed E-state index contributed by atoms with van der Waals surface area (Å²) < 4.78 is 112. The molecule has 16 unspecified atom stereocenters. The van der Waals surface area contributed by atoms with E-state index in [-0.39, 0.29) is 89.1 Å². The van der Waals surface area contributed by atoms with Gasteiger partial charge < -0.3 is 146 Å². The number of likely N-dealkylation sites (N-methyl/N-ethyl adjacent to an activating group) is 2. The van der Waals surface area contributed by atoms with Gasteiger partial charge in [0.25, 0.3) is 0 Å². The summed E-state index contributed by atoms with van der Waals surface area (Å²) in [5.74, 6) is -7.85. The minimum atomic E-state index is -2.12. The molecular formula is C94H158N4O32. The fourth-order valence-corrected chi connectivity index (χ4v) is 20.5. The maximum atomic E-state index is 15.1. The van der Waals surface area contributed by atoms with Crippen LogP contribution in [0.2, 0.25) is 0 Å². The van der Waals surface area contributed by atoms with Gasteiger partial charge in [0.2, 0.25) is 11.5 Å². The largest absolute Gasteiger partial charge is 0.493 e. The lowest BCUT2D eigenvalue weighted by molar-refractivity contribution is -0.319. The third-order valence-electron chi connectivity index (χ3n) is 28.6. The van der Waals surface area contributed by atoms with Crippen LogP contribution in [0.1, 0.15) is 201 Å². The summed E-state index contributed by atoms with van der Waals surface area (Å²) >= 11 is 0. The van der Waals surface area contributed by atoms with Crippen molar-refractivity contribution in [1.29, 1.82) is 0 Å². The quantitative estimate of drug-likeness (QED) is 0.0280. The highest BCUT2D eigenvalue weighted by molar-refractivity contribution is 5.89. The smallest absolute Gasteiger partial charge is 0.311 e. The van der Waals surface area contributed by atoms with Gasteiger partial charge in [-0.3, -0.25) is 19.4 Å². The second-order valence-corrected chi connectivity index (χ2v) is 38.8. The number of carbonyl (C=O) groups excluding carboxylic acids is 2. The van der Waals surface area contributed by atoms with Crippen LogP contribution in [0.3, 0.4) is 0 Å². The Morgan fingerprint density at radius 2 is 0.746 bits per heavy atom. The van der Waals surface area contributed by atoms with Gasteiger partial charge in [-0.2, -0.15) is 0 Å². The zero-order valence-electron chi connectivity index (χ0n) is 82.4. The van der Waals surface area contributed by atoms with Crippen LogP contribution >= 0.6 is 0 Å². The third kappa shape index (κ3) is 24.8. The first kappa shape index (κ1) is 110. The molecule has 36 heteroatoms. The number of cyclic esters (lactones) is 2. The normalized spacial score (nSPS) is 42.1. The summed E-state index contributed by atoms with van der Waals surface area (Å²) in [6, 6.07) is 5.36. The molecule has 36 atom stereocenters. The van der Waals surface area contributed by atoms with E-state index in [4.69, 9.17) is 105 Å². The van der Waals surface area contributed by atoms with Crippen LogP contribution < -0.4 is 28.4 Å². The molecule has 6 saturated heterocycles. The first-order valence-corrected chi connectivity index (χ1v) is 45.9. The lowest BCUT2D eigenvalue weighted by Gasteiger charge is -2.49. The molecule has 746 valence electrons. The predicted molar refractivity (Wildman–Crippen MR) is 477 cm³/mol. The van der Waals surface area contributed by atoms with Crippen LogP contribution in [0.5, 0.6) is 34.5 Å². The molecular weight excluding hydrogens is 1700 g/mol. The van der Waals surface area contributed by atoms with E-state index >= 15 is 9.59 Å². The van der Waals surface area contributed by atoms with Gasteiger partial charge >= 0.3 is 11.9 Å². The molecule has 0 aromatic heterocycles. The van der Waals surface area contributed by atoms with Crippen LogP contribution in [-0.4, -0.2) is 337 Å². The number of aliphatic hydroxyl groups is 10. The zero-order valence-corrected chi connectivity index (χ0v) is 82.4. The highest BCUT2D eigenvalue weighted by atomic mass is 16.7. The molecule has 6 heterocycles. The van der Waals surface area contributed by atoms with Crippen molar-refractivity contribution < 1.29 is 156 Å². The highest BCUT2D eigenvalue weighted by Gasteiger charge is 2.58. The standard InChI is InChI=1S/C94H158N4O32/c1-31-67-93(19,109)79(101)51(7)71(95-119-45-59-37-63(111-23)77(115-27)64(38-59)112-24)47(3)41-89(15,107)83(53(9)75(55(11)85(105)125-67)127-69-43-91(17,117-29)81(103)57(13)123-69)129-87-73(99)61(35-49(5)121-87)97(21)33-34-98(22)62-36-50(6)122-88(74(62)100)130-84-54(10)76(128-70-44-92(18,118-30)82(104)58(14)124-70)56(12)86(106)126-68(32-2)94(20,110)80(102)52(8)72(48(4)42-90(84,16)108)96-120-46-60-39-65(113-25)78(116-28)66(40-60)114-26/h37-40,47-58,61-62,67-70,73-76,79-84,87-88,99-104,107-110H,31-36,41-46H2,1-30H3/b95-71+,96-72+/t47-,48-,49?,50?,51+,52+,53+,54+,55-,56-,57?,58?,61?,62?,67-,68-,69?,70?,73?,74?,75+,76+,79-,80-,81?,82?,83-,84-,87?,88?,89+,90+,91?,92?,93-,94-/m1/s1. The summed E-state index contributed by atoms with van der Waals surface area (Å²) in [4.78, 5) is 46.5. The lowest BCUT2D eigenvalue weighted by atomic mass is 9.73. The monoisotopic (exact) mass is 1860 g/mol. The molecule has 0 amide bonds. The van der Waals surface area contributed by atoms with Crippen LogP contribution in [0.15, 0.2) is 34.6 Å². The summed E-state index contributed by atoms with van der Waals surface area (Å²) in [7, 11) is 15.5. The second-order valence-electron chi connectivity index (χ2n) is 38.8. The molecule has 10 N–H and O–H groups in total. The zero-order chi connectivity index (χ0) is 97.3. The Morgan fingerprint density at radius 3 is 1.03 bits per heavy atom. The van der Waals surface area contributed by atoms with Gasteiger partial charge in [-0.1, -0.05) is 65.7 Å². The number of aliphatic hydroxyl groups excluding tert-OH is 6. The topological polar surface area (TPSA) is 452 Å². The fraction of sp³-hybridized carbons (Fsp3) is 0.830. The molecule has 6 aliphatic heterocycles. The number of oxime groups is 2. The van der Waals surface area contributed by atoms with Crippen molar-refractivity contribution in [1.82, 2.24) is 9.80 Å². The first-order valence-electron chi connectivity index (χ1n) is 45.9. The van der Waals surface area contributed by atoms with E-state index in [2.05, 4.69) is 0 Å². The maximum absolute atomic E-state index is 15.1. The van der Waals surface area contributed by atoms with Gasteiger partial charge in [0.15, 0.2) is 48.2 Å². The van der Waals surface area contributed by atoms with Gasteiger partial charge in [-0.15, -0.1) is 0 Å². The van der Waals surface area contributed by atoms with Crippen LogP contribution in [-0.2, 0) is 89.3 Å². The Hall–Kier alpha value is -5.76. The van der Waals surface area contributed by atoms with Crippen molar-refractivity contribution in [2.24, 2.45) is 57.7 Å². The van der Waals surface area contributed by atoms with E-state index in [0.29, 0.717) is 45.6 Å². The number of hydrogen-bond acceptors (Lipinski definition) is 36. The van der Waals surface area contributed by atoms with Crippen molar-refractivity contribution in [2.45, 2.75) is 372 Å². The first-order chi connectivity index (χ1) is 60.8. The Bertz CT molecular complexity index is 3690. The Kier molecular flexibility index (Phi) is 38.7. The van der Waals surface area contributed by atoms with Crippen LogP contribution in [0, 0.1) is 47.3 Å². The average Bonchev–Trinajstić information content (AvgIpc) is 0.770. The fourth-order valence-electron chi connectivity index (χ4n) is 20.5. The molecule has 36 nitrogen and oxygen atoms in total. The molecule has 130 heavy (non-hydrogen) atoms. The molecule has 6 aliphatic rings. The van der Waals surface area contributed by atoms with Crippen molar-refractivity contribution in [2.75, 3.05) is 84.1 Å². The summed E-state index contributed by atoms with van der Waals surface area (Å²) in [5, 5.41) is 136. The van der Waals surface area contributed by atoms with Crippen molar-refractivity contribution in [3.8, 4) is 34.5 Å². The van der Waals surface area contributed by atoms with E-state index in [9.17, 15) is 51.1 Å². The maximum Gasteiger partial charge on any atom is 0.311 e. The molecule has 0 aliphatic carbocycles. The van der Waals surface area contributed by atoms with Gasteiger partial charge in [-0.25, -0.2) is 0 Å². The van der Waals surface area contributed by atoms with Gasteiger partial charge in [-0.05, 0) is 171 Å². The highest BCUT2D eigenvalue weighted by Crippen LogP contribution is 2.47. The van der Waals surface area contributed by atoms with E-state index in [1.165, 1.54) is 70.7 Å². The number of rotatable bonds is 29. The van der Waals surface area contributed by atoms with Gasteiger partial charge in [0.1, 0.15) is 61.0 Å². The molecule has 2 aromatic rings. The van der Waals surface area contributed by atoms with Crippen LogP contribution in [0.25, 0.3) is 0 Å². The second kappa shape index (κ2) is 45.9. The predicted octanol–water partition coefficient (Wildman–Crippen LogP) is 7.38. The minimum absolute atomic E-state index is 0.0200. The number of methoxy groups -OCH3 is 8. The Morgan fingerprint density at radius 1 is 0.431 bits per heavy atom. The number of carbonyl (C=O) groups is 2. The van der Waals surface area contributed by atoms with Gasteiger partial charge in [0, 0.05) is 87.7 Å². The molecule has 2 aromatic carbocycles. The number of hydrogen-bond donors (Lipinski definition) is 10. The SMILES string of the molecule is CC[C@H]1OC(=O)[C@H](C)[C@@H](OC2CC(C)(OC)C(O)C(C)O2)[C@H](C)[C@@H](OC2OC(C)CC(N(C)CCN(C)C3CC(C)OC(O[C@@H]4[C@@H](C)[C@H](OC5CC(C)(OC)C(O)C(C)O5)[C@@H](C)C(=O)O[C@H](CC)[C@@](C)(O)[C@H](O)[C@@H](C)/C(=N/OCc5cc(OC)c(OC)c(OC)c5)[C@H](C)C[C@]4(C)O)C3O)C2O)[C@@](C)(O)C[C@@H](C)/C(=N\OCc2cc(OC)c(OC)c(OC)c2)[C@H](C)[C@@H](O)[C@]1(C)O. The summed E-state index contributed by atoms with van der Waals surface area (Å²) in [6.07, 6.45) is -24.3.